The first kappa shape index (κ1) is 13.9. The van der Waals surface area contributed by atoms with Crippen molar-refractivity contribution in [2.75, 3.05) is 11.9 Å². The molecule has 0 aliphatic rings. The maximum Gasteiger partial charge on any atom is 0.319 e. The van der Waals surface area contributed by atoms with Crippen molar-refractivity contribution < 1.29 is 4.79 Å². The van der Waals surface area contributed by atoms with Gasteiger partial charge in [0.25, 0.3) is 0 Å². The van der Waals surface area contributed by atoms with E-state index in [4.69, 9.17) is 0 Å². The summed E-state index contributed by atoms with van der Waals surface area (Å²) in [5.74, 6) is 0. The highest BCUT2D eigenvalue weighted by atomic mass is 16.2. The molecule has 2 rings (SSSR count). The maximum atomic E-state index is 11.8. The summed E-state index contributed by atoms with van der Waals surface area (Å²) in [5, 5.41) is 5.64. The Hall–Kier alpha value is -2.49. The zero-order valence-electron chi connectivity index (χ0n) is 11.8. The van der Waals surface area contributed by atoms with Crippen LogP contribution in [-0.4, -0.2) is 17.1 Å². The molecule has 1 aromatic carbocycles. The lowest BCUT2D eigenvalue weighted by molar-refractivity contribution is 0.253. The van der Waals surface area contributed by atoms with E-state index in [1.54, 1.807) is 0 Å². The van der Waals surface area contributed by atoms with Gasteiger partial charge in [-0.1, -0.05) is 18.2 Å². The van der Waals surface area contributed by atoms with Crippen molar-refractivity contribution in [2.45, 2.75) is 13.8 Å². The molecule has 0 saturated heterocycles. The second kappa shape index (κ2) is 6.61. The van der Waals surface area contributed by atoms with E-state index in [0.717, 1.165) is 17.0 Å². The average Bonchev–Trinajstić information content (AvgIpc) is 2.99. The molecule has 2 aromatic rings. The molecule has 0 bridgehead atoms. The Bertz CT molecular complexity index is 585. The molecule has 0 aliphatic carbocycles. The SMILES string of the molecule is CC(CNC(=O)Nc1ccccc1)=C(C)n1cccc1. The monoisotopic (exact) mass is 269 g/mol. The van der Waals surface area contributed by atoms with E-state index in [2.05, 4.69) is 10.6 Å². The fourth-order valence-electron chi connectivity index (χ4n) is 1.82. The topological polar surface area (TPSA) is 46.1 Å². The summed E-state index contributed by atoms with van der Waals surface area (Å²) in [6.45, 7) is 4.56. The summed E-state index contributed by atoms with van der Waals surface area (Å²) in [7, 11) is 0. The Labute approximate surface area is 119 Å². The smallest absolute Gasteiger partial charge is 0.319 e. The largest absolute Gasteiger partial charge is 0.334 e. The first-order valence-corrected chi connectivity index (χ1v) is 6.56. The van der Waals surface area contributed by atoms with Crippen LogP contribution in [0.1, 0.15) is 13.8 Å². The predicted molar refractivity (Wildman–Crippen MR) is 82.5 cm³/mol. The van der Waals surface area contributed by atoms with Crippen molar-refractivity contribution in [1.29, 1.82) is 0 Å². The highest BCUT2D eigenvalue weighted by molar-refractivity contribution is 5.89. The number of benzene rings is 1. The summed E-state index contributed by atoms with van der Waals surface area (Å²) in [6, 6.07) is 13.2. The summed E-state index contributed by atoms with van der Waals surface area (Å²) >= 11 is 0. The fourth-order valence-corrected chi connectivity index (χ4v) is 1.82. The molecule has 104 valence electrons. The van der Waals surface area contributed by atoms with Gasteiger partial charge < -0.3 is 15.2 Å². The van der Waals surface area contributed by atoms with E-state index in [0.29, 0.717) is 6.54 Å². The summed E-state index contributed by atoms with van der Waals surface area (Å²) in [6.07, 6.45) is 3.98. The van der Waals surface area contributed by atoms with E-state index in [-0.39, 0.29) is 6.03 Å². The van der Waals surface area contributed by atoms with Crippen molar-refractivity contribution in [2.24, 2.45) is 0 Å². The van der Waals surface area contributed by atoms with Gasteiger partial charge in [-0.25, -0.2) is 4.79 Å². The van der Waals surface area contributed by atoms with Crippen LogP contribution in [0.2, 0.25) is 0 Å². The molecule has 0 radical (unpaired) electrons. The average molecular weight is 269 g/mol. The lowest BCUT2D eigenvalue weighted by Crippen LogP contribution is -2.30. The van der Waals surface area contributed by atoms with Crippen LogP contribution in [0, 0.1) is 0 Å². The molecule has 0 atom stereocenters. The van der Waals surface area contributed by atoms with Gasteiger partial charge in [-0.2, -0.15) is 0 Å². The fraction of sp³-hybridized carbons (Fsp3) is 0.188. The van der Waals surface area contributed by atoms with Crippen LogP contribution in [0.3, 0.4) is 0 Å². The number of urea groups is 1. The number of para-hydroxylation sites is 1. The number of hydrogen-bond acceptors (Lipinski definition) is 1. The molecule has 4 nitrogen and oxygen atoms in total. The first-order chi connectivity index (χ1) is 9.66. The van der Waals surface area contributed by atoms with E-state index in [9.17, 15) is 4.79 Å². The Kier molecular flexibility index (Phi) is 4.60. The number of rotatable bonds is 4. The van der Waals surface area contributed by atoms with Crippen LogP contribution < -0.4 is 10.6 Å². The molecule has 0 unspecified atom stereocenters. The van der Waals surface area contributed by atoms with Crippen LogP contribution in [0.15, 0.2) is 60.4 Å². The van der Waals surface area contributed by atoms with Gasteiger partial charge in [0.1, 0.15) is 0 Å². The zero-order valence-corrected chi connectivity index (χ0v) is 11.8. The Morgan fingerprint density at radius 3 is 2.35 bits per heavy atom. The minimum Gasteiger partial charge on any atom is -0.334 e. The van der Waals surface area contributed by atoms with Gasteiger partial charge >= 0.3 is 6.03 Å². The molecule has 1 aromatic heterocycles. The van der Waals surface area contributed by atoms with E-state index < -0.39 is 0 Å². The van der Waals surface area contributed by atoms with Crippen LogP contribution in [0.25, 0.3) is 5.70 Å². The number of amides is 2. The third-order valence-electron chi connectivity index (χ3n) is 3.16. The Balaban J connectivity index is 1.89. The molecule has 0 fully saturated rings. The van der Waals surface area contributed by atoms with Crippen LogP contribution in [-0.2, 0) is 0 Å². The number of carbonyl (C=O) groups excluding carboxylic acids is 1. The number of aromatic nitrogens is 1. The van der Waals surface area contributed by atoms with Crippen molar-refractivity contribution >= 4 is 17.4 Å². The lowest BCUT2D eigenvalue weighted by atomic mass is 10.2. The highest BCUT2D eigenvalue weighted by Crippen LogP contribution is 2.10. The van der Waals surface area contributed by atoms with Crippen molar-refractivity contribution in [3.63, 3.8) is 0 Å². The molecule has 0 aliphatic heterocycles. The van der Waals surface area contributed by atoms with Crippen LogP contribution in [0.5, 0.6) is 0 Å². The molecule has 2 amide bonds. The van der Waals surface area contributed by atoms with Gasteiger partial charge in [0.2, 0.25) is 0 Å². The zero-order chi connectivity index (χ0) is 14.4. The van der Waals surface area contributed by atoms with Gasteiger partial charge in [0.05, 0.1) is 0 Å². The van der Waals surface area contributed by atoms with Crippen LogP contribution in [0.4, 0.5) is 10.5 Å². The van der Waals surface area contributed by atoms with E-state index in [1.807, 2.05) is 73.3 Å². The third-order valence-corrected chi connectivity index (χ3v) is 3.16. The van der Waals surface area contributed by atoms with E-state index >= 15 is 0 Å². The van der Waals surface area contributed by atoms with Crippen LogP contribution >= 0.6 is 0 Å². The number of nitrogens with one attached hydrogen (secondary N) is 2. The molecule has 2 N–H and O–H groups in total. The van der Waals surface area contributed by atoms with Gasteiger partial charge in [0, 0.05) is 30.3 Å². The molecule has 4 heteroatoms. The summed E-state index contributed by atoms with van der Waals surface area (Å²) < 4.78 is 2.03. The molecular formula is C16H19N3O. The van der Waals surface area contributed by atoms with Gasteiger partial charge in [-0.3, -0.25) is 0 Å². The second-order valence-electron chi connectivity index (χ2n) is 4.63. The number of allylic oxidation sites excluding steroid dienone is 1. The number of anilines is 1. The van der Waals surface area contributed by atoms with Gasteiger partial charge in [-0.15, -0.1) is 0 Å². The molecule has 0 saturated carbocycles. The first-order valence-electron chi connectivity index (χ1n) is 6.56. The number of carbonyl (C=O) groups is 1. The van der Waals surface area contributed by atoms with Gasteiger partial charge in [0.15, 0.2) is 0 Å². The maximum absolute atomic E-state index is 11.8. The number of nitrogens with zero attached hydrogens (tertiary/aromatic N) is 1. The Morgan fingerprint density at radius 2 is 1.70 bits per heavy atom. The third kappa shape index (κ3) is 3.75. The highest BCUT2D eigenvalue weighted by Gasteiger charge is 2.03. The van der Waals surface area contributed by atoms with Crippen molar-refractivity contribution in [3.8, 4) is 0 Å². The molecular weight excluding hydrogens is 250 g/mol. The Morgan fingerprint density at radius 1 is 1.05 bits per heavy atom. The van der Waals surface area contributed by atoms with Crippen molar-refractivity contribution in [1.82, 2.24) is 9.88 Å². The molecule has 0 spiro atoms. The predicted octanol–water partition coefficient (Wildman–Crippen LogP) is 3.56. The summed E-state index contributed by atoms with van der Waals surface area (Å²) in [5.41, 5.74) is 3.02. The quantitative estimate of drug-likeness (QED) is 0.876. The summed E-state index contributed by atoms with van der Waals surface area (Å²) in [4.78, 5) is 11.8. The second-order valence-corrected chi connectivity index (χ2v) is 4.63. The lowest BCUT2D eigenvalue weighted by Gasteiger charge is -2.11. The van der Waals surface area contributed by atoms with E-state index in [1.165, 1.54) is 0 Å². The van der Waals surface area contributed by atoms with Crippen molar-refractivity contribution in [3.05, 3.63) is 60.4 Å². The number of hydrogen-bond donors (Lipinski definition) is 2. The van der Waals surface area contributed by atoms with Gasteiger partial charge in [-0.05, 0) is 43.7 Å². The minimum atomic E-state index is -0.198. The normalized spacial score (nSPS) is 11.7. The molecule has 20 heavy (non-hydrogen) atoms. The standard InChI is InChI=1S/C16H19N3O/c1-13(14(2)19-10-6-7-11-19)12-17-16(20)18-15-8-4-3-5-9-15/h3-11H,12H2,1-2H3,(H2,17,18,20). The minimum absolute atomic E-state index is 0.198. The molecule has 1 heterocycles.